The highest BCUT2D eigenvalue weighted by Gasteiger charge is 2.38. The fourth-order valence-electron chi connectivity index (χ4n) is 3.99. The lowest BCUT2D eigenvalue weighted by molar-refractivity contribution is -0.123. The zero-order chi connectivity index (χ0) is 14.0. The topological polar surface area (TPSA) is 50.4 Å². The van der Waals surface area contributed by atoms with Crippen molar-refractivity contribution in [1.82, 2.24) is 10.6 Å². The average Bonchev–Trinajstić information content (AvgIpc) is 2.89. The van der Waals surface area contributed by atoms with Crippen LogP contribution in [-0.2, 0) is 9.53 Å². The third-order valence-electron chi connectivity index (χ3n) is 5.57. The molecule has 3 atom stereocenters. The molecule has 0 bridgehead atoms. The second-order valence-electron chi connectivity index (χ2n) is 7.25. The number of hydrogen-bond acceptors (Lipinski definition) is 3. The Balaban J connectivity index is 1.47. The fourth-order valence-corrected chi connectivity index (χ4v) is 3.99. The van der Waals surface area contributed by atoms with Crippen molar-refractivity contribution >= 4 is 5.91 Å². The molecule has 0 spiro atoms. The molecule has 2 N–H and O–H groups in total. The van der Waals surface area contributed by atoms with E-state index in [1.165, 1.54) is 25.7 Å². The highest BCUT2D eigenvalue weighted by atomic mass is 16.5. The molecule has 3 unspecified atom stereocenters. The molecule has 4 heteroatoms. The maximum atomic E-state index is 12.4. The summed E-state index contributed by atoms with van der Waals surface area (Å²) in [4.78, 5) is 12.4. The van der Waals surface area contributed by atoms with Gasteiger partial charge in [0.1, 0.15) is 0 Å². The van der Waals surface area contributed by atoms with E-state index < -0.39 is 0 Å². The van der Waals surface area contributed by atoms with Gasteiger partial charge in [-0.15, -0.1) is 0 Å². The Morgan fingerprint density at radius 3 is 2.80 bits per heavy atom. The van der Waals surface area contributed by atoms with E-state index in [0.29, 0.717) is 6.04 Å². The van der Waals surface area contributed by atoms with Crippen molar-refractivity contribution in [3.63, 3.8) is 0 Å². The number of hydrogen-bond donors (Lipinski definition) is 2. The van der Waals surface area contributed by atoms with E-state index in [0.717, 1.165) is 44.9 Å². The molecule has 114 valence electrons. The maximum Gasteiger partial charge on any atom is 0.237 e. The van der Waals surface area contributed by atoms with Crippen LogP contribution in [0.25, 0.3) is 0 Å². The molecule has 0 radical (unpaired) electrons. The summed E-state index contributed by atoms with van der Waals surface area (Å²) in [5.41, 5.74) is 0.222. The SMILES string of the molecule is CC1(CNC(=O)C2CC3CCCCC3N2)CCOCC1. The van der Waals surface area contributed by atoms with Gasteiger partial charge in [-0.1, -0.05) is 19.8 Å². The molecule has 1 aliphatic carbocycles. The molecule has 1 saturated carbocycles. The van der Waals surface area contributed by atoms with Gasteiger partial charge in [-0.2, -0.15) is 0 Å². The molecule has 0 aromatic carbocycles. The normalized spacial score (nSPS) is 36.4. The molecule has 2 aliphatic heterocycles. The van der Waals surface area contributed by atoms with Crippen LogP contribution in [-0.4, -0.2) is 37.7 Å². The molecule has 3 fully saturated rings. The molecule has 2 heterocycles. The Morgan fingerprint density at radius 1 is 1.30 bits per heavy atom. The number of carbonyl (C=O) groups is 1. The molecule has 20 heavy (non-hydrogen) atoms. The van der Waals surface area contributed by atoms with Crippen molar-refractivity contribution < 1.29 is 9.53 Å². The number of nitrogens with one attached hydrogen (secondary N) is 2. The molecule has 3 rings (SSSR count). The Bertz CT molecular complexity index is 338. The van der Waals surface area contributed by atoms with Crippen molar-refractivity contribution in [3.8, 4) is 0 Å². The first-order chi connectivity index (χ1) is 9.66. The summed E-state index contributed by atoms with van der Waals surface area (Å²) < 4.78 is 5.41. The van der Waals surface area contributed by atoms with Crippen LogP contribution in [0.5, 0.6) is 0 Å². The minimum atomic E-state index is 0.0477. The number of carbonyl (C=O) groups excluding carboxylic acids is 1. The lowest BCUT2D eigenvalue weighted by Gasteiger charge is -2.33. The average molecular weight is 280 g/mol. The molecule has 0 aromatic heterocycles. The first kappa shape index (κ1) is 14.3. The number of amides is 1. The second kappa shape index (κ2) is 6.02. The van der Waals surface area contributed by atoms with Crippen molar-refractivity contribution in [1.29, 1.82) is 0 Å². The fraction of sp³-hybridized carbons (Fsp3) is 0.938. The van der Waals surface area contributed by atoms with Crippen LogP contribution in [0, 0.1) is 11.3 Å². The Morgan fingerprint density at radius 2 is 2.05 bits per heavy atom. The Kier molecular flexibility index (Phi) is 4.32. The Labute approximate surface area is 122 Å². The maximum absolute atomic E-state index is 12.4. The first-order valence-corrected chi connectivity index (χ1v) is 8.28. The molecule has 0 aromatic rings. The van der Waals surface area contributed by atoms with Gasteiger partial charge in [-0.25, -0.2) is 0 Å². The van der Waals surface area contributed by atoms with E-state index in [2.05, 4.69) is 17.6 Å². The molecule has 4 nitrogen and oxygen atoms in total. The van der Waals surface area contributed by atoms with Crippen molar-refractivity contribution in [2.24, 2.45) is 11.3 Å². The van der Waals surface area contributed by atoms with Crippen molar-refractivity contribution in [2.45, 2.75) is 64.0 Å². The number of ether oxygens (including phenoxy) is 1. The van der Waals surface area contributed by atoms with Gasteiger partial charge < -0.3 is 15.4 Å². The third kappa shape index (κ3) is 3.17. The number of rotatable bonds is 3. The summed E-state index contributed by atoms with van der Waals surface area (Å²) in [6.45, 7) is 4.72. The highest BCUT2D eigenvalue weighted by Crippen LogP contribution is 2.33. The van der Waals surface area contributed by atoms with Crippen LogP contribution < -0.4 is 10.6 Å². The van der Waals surface area contributed by atoms with E-state index in [4.69, 9.17) is 4.74 Å². The van der Waals surface area contributed by atoms with Crippen LogP contribution in [0.15, 0.2) is 0 Å². The smallest absolute Gasteiger partial charge is 0.237 e. The van der Waals surface area contributed by atoms with Crippen molar-refractivity contribution in [2.75, 3.05) is 19.8 Å². The summed E-state index contributed by atoms with van der Waals surface area (Å²) in [6, 6.07) is 0.643. The molecular formula is C16H28N2O2. The van der Waals surface area contributed by atoms with Crippen LogP contribution >= 0.6 is 0 Å². The summed E-state index contributed by atoms with van der Waals surface area (Å²) in [5, 5.41) is 6.74. The van der Waals surface area contributed by atoms with Crippen LogP contribution in [0.3, 0.4) is 0 Å². The zero-order valence-electron chi connectivity index (χ0n) is 12.6. The Hall–Kier alpha value is -0.610. The monoisotopic (exact) mass is 280 g/mol. The molecular weight excluding hydrogens is 252 g/mol. The van der Waals surface area contributed by atoms with Crippen LogP contribution in [0.1, 0.15) is 51.9 Å². The van der Waals surface area contributed by atoms with Gasteiger partial charge in [0.15, 0.2) is 0 Å². The van der Waals surface area contributed by atoms with Crippen molar-refractivity contribution in [3.05, 3.63) is 0 Å². The lowest BCUT2D eigenvalue weighted by Crippen LogP contribution is -2.47. The van der Waals surface area contributed by atoms with Gasteiger partial charge in [0.05, 0.1) is 6.04 Å². The quantitative estimate of drug-likeness (QED) is 0.829. The van der Waals surface area contributed by atoms with Gasteiger partial charge in [-0.3, -0.25) is 4.79 Å². The third-order valence-corrected chi connectivity index (χ3v) is 5.57. The minimum absolute atomic E-state index is 0.0477. The van der Waals surface area contributed by atoms with Crippen LogP contribution in [0.2, 0.25) is 0 Å². The number of fused-ring (bicyclic) bond motifs is 1. The van der Waals surface area contributed by atoms with E-state index in [1.54, 1.807) is 0 Å². The van der Waals surface area contributed by atoms with Gasteiger partial charge in [0.2, 0.25) is 5.91 Å². The highest BCUT2D eigenvalue weighted by molar-refractivity contribution is 5.82. The molecule has 3 aliphatic rings. The van der Waals surface area contributed by atoms with E-state index in [9.17, 15) is 4.79 Å². The largest absolute Gasteiger partial charge is 0.381 e. The van der Waals surface area contributed by atoms with E-state index in [-0.39, 0.29) is 17.4 Å². The van der Waals surface area contributed by atoms with Gasteiger partial charge >= 0.3 is 0 Å². The van der Waals surface area contributed by atoms with Gasteiger partial charge in [-0.05, 0) is 43.4 Å². The van der Waals surface area contributed by atoms with E-state index in [1.807, 2.05) is 0 Å². The summed E-state index contributed by atoms with van der Waals surface area (Å²) in [7, 11) is 0. The minimum Gasteiger partial charge on any atom is -0.381 e. The van der Waals surface area contributed by atoms with E-state index >= 15 is 0 Å². The second-order valence-corrected chi connectivity index (χ2v) is 7.25. The standard InChI is InChI=1S/C16H28N2O2/c1-16(6-8-20-9-7-16)11-17-15(19)14-10-12-4-2-3-5-13(12)18-14/h12-14,18H,2-11H2,1H3,(H,17,19). The predicted octanol–water partition coefficient (Wildman–Crippen LogP) is 1.84. The summed E-state index contributed by atoms with van der Waals surface area (Å²) in [5.74, 6) is 0.949. The summed E-state index contributed by atoms with van der Waals surface area (Å²) in [6.07, 6.45) is 8.36. The van der Waals surface area contributed by atoms with Gasteiger partial charge in [0.25, 0.3) is 0 Å². The van der Waals surface area contributed by atoms with Gasteiger partial charge in [0, 0.05) is 25.8 Å². The lowest BCUT2D eigenvalue weighted by atomic mass is 9.82. The van der Waals surface area contributed by atoms with Crippen LogP contribution in [0.4, 0.5) is 0 Å². The zero-order valence-corrected chi connectivity index (χ0v) is 12.6. The first-order valence-electron chi connectivity index (χ1n) is 8.28. The molecule has 1 amide bonds. The molecule has 2 saturated heterocycles. The summed E-state index contributed by atoms with van der Waals surface area (Å²) >= 11 is 0. The predicted molar refractivity (Wildman–Crippen MR) is 78.5 cm³/mol.